The molecule has 2 aromatic rings. The highest BCUT2D eigenvalue weighted by atomic mass is 16.6. The van der Waals surface area contributed by atoms with Crippen LogP contribution in [0.25, 0.3) is 0 Å². The lowest BCUT2D eigenvalue weighted by atomic mass is 10.1. The smallest absolute Gasteiger partial charge is 0.293 e. The summed E-state index contributed by atoms with van der Waals surface area (Å²) in [5, 5.41) is 26.4. The van der Waals surface area contributed by atoms with Gasteiger partial charge in [0.25, 0.3) is 11.6 Å². The fourth-order valence-corrected chi connectivity index (χ4v) is 2.56. The third-order valence-corrected chi connectivity index (χ3v) is 4.12. The largest absolute Gasteiger partial charge is 0.392 e. The lowest BCUT2D eigenvalue weighted by Crippen LogP contribution is -2.23. The van der Waals surface area contributed by atoms with Crippen LogP contribution in [0.2, 0.25) is 0 Å². The molecule has 0 spiro atoms. The van der Waals surface area contributed by atoms with E-state index >= 15 is 0 Å². The van der Waals surface area contributed by atoms with Gasteiger partial charge in [-0.2, -0.15) is 0 Å². The minimum atomic E-state index is -0.484. The van der Waals surface area contributed by atoms with Gasteiger partial charge in [0.1, 0.15) is 5.69 Å². The molecular weight excluding hydrogens is 322 g/mol. The van der Waals surface area contributed by atoms with Crippen molar-refractivity contribution in [3.63, 3.8) is 0 Å². The second kappa shape index (κ2) is 7.31. The number of hydrogen-bond donors (Lipinski definition) is 3. The number of aliphatic hydroxyl groups is 1. The van der Waals surface area contributed by atoms with E-state index in [9.17, 15) is 20.0 Å². The first-order chi connectivity index (χ1) is 12.1. The molecule has 25 heavy (non-hydrogen) atoms. The Morgan fingerprint density at radius 2 is 1.92 bits per heavy atom. The van der Waals surface area contributed by atoms with Gasteiger partial charge in [-0.25, -0.2) is 0 Å². The highest BCUT2D eigenvalue weighted by molar-refractivity contribution is 5.95. The van der Waals surface area contributed by atoms with E-state index in [1.807, 2.05) is 18.2 Å². The van der Waals surface area contributed by atoms with Crippen molar-refractivity contribution >= 4 is 17.3 Å². The van der Waals surface area contributed by atoms with Crippen LogP contribution < -0.4 is 10.6 Å². The van der Waals surface area contributed by atoms with Crippen molar-refractivity contribution in [1.82, 2.24) is 5.32 Å². The SMILES string of the molecule is O=C(NCc1ccccc1CO)c1ccc(NC2CC2)c([N+](=O)[O-])c1. The highest BCUT2D eigenvalue weighted by Crippen LogP contribution is 2.31. The zero-order valence-electron chi connectivity index (χ0n) is 13.6. The molecule has 0 heterocycles. The Hall–Kier alpha value is -2.93. The zero-order valence-corrected chi connectivity index (χ0v) is 13.6. The Labute approximate surface area is 144 Å². The summed E-state index contributed by atoms with van der Waals surface area (Å²) in [5.41, 5.74) is 2.11. The van der Waals surface area contributed by atoms with Gasteiger partial charge in [-0.05, 0) is 36.1 Å². The molecule has 3 rings (SSSR count). The lowest BCUT2D eigenvalue weighted by Gasteiger charge is -2.10. The normalized spacial score (nSPS) is 13.3. The fourth-order valence-electron chi connectivity index (χ4n) is 2.56. The van der Waals surface area contributed by atoms with Gasteiger partial charge < -0.3 is 15.7 Å². The Morgan fingerprint density at radius 3 is 2.56 bits per heavy atom. The number of rotatable bonds is 7. The number of nitro groups is 1. The molecule has 1 aliphatic carbocycles. The molecule has 130 valence electrons. The third-order valence-electron chi connectivity index (χ3n) is 4.12. The Balaban J connectivity index is 1.73. The van der Waals surface area contributed by atoms with Crippen LogP contribution >= 0.6 is 0 Å². The number of anilines is 1. The number of carbonyl (C=O) groups is 1. The quantitative estimate of drug-likeness (QED) is 0.530. The Bertz CT molecular complexity index is 803. The van der Waals surface area contributed by atoms with Crippen LogP contribution in [-0.4, -0.2) is 22.0 Å². The highest BCUT2D eigenvalue weighted by Gasteiger charge is 2.25. The number of nitro benzene ring substituents is 1. The van der Waals surface area contributed by atoms with E-state index < -0.39 is 10.8 Å². The summed E-state index contributed by atoms with van der Waals surface area (Å²) >= 11 is 0. The molecule has 1 aliphatic rings. The second-order valence-corrected chi connectivity index (χ2v) is 6.02. The maximum atomic E-state index is 12.3. The summed E-state index contributed by atoms with van der Waals surface area (Å²) in [7, 11) is 0. The molecule has 7 nitrogen and oxygen atoms in total. The van der Waals surface area contributed by atoms with Gasteiger partial charge >= 0.3 is 0 Å². The lowest BCUT2D eigenvalue weighted by molar-refractivity contribution is -0.384. The third kappa shape index (κ3) is 4.13. The standard InChI is InChI=1S/C18H19N3O4/c22-11-14-4-2-1-3-13(14)10-19-18(23)12-5-8-16(20-15-6-7-15)17(9-12)21(24)25/h1-5,8-9,15,20,22H,6-7,10-11H2,(H,19,23). The van der Waals surface area contributed by atoms with Gasteiger partial charge in [-0.3, -0.25) is 14.9 Å². The first-order valence-electron chi connectivity index (χ1n) is 8.09. The number of nitrogens with one attached hydrogen (secondary N) is 2. The van der Waals surface area contributed by atoms with Crippen LogP contribution in [0.1, 0.15) is 34.3 Å². The molecule has 0 saturated heterocycles. The summed E-state index contributed by atoms with van der Waals surface area (Å²) in [6, 6.07) is 12.0. The first kappa shape index (κ1) is 16.9. The molecule has 1 fully saturated rings. The van der Waals surface area contributed by atoms with Crippen molar-refractivity contribution in [3.05, 3.63) is 69.3 Å². The minimum absolute atomic E-state index is 0.102. The second-order valence-electron chi connectivity index (χ2n) is 6.02. The van der Waals surface area contributed by atoms with E-state index in [2.05, 4.69) is 10.6 Å². The maximum absolute atomic E-state index is 12.3. The van der Waals surface area contributed by atoms with E-state index in [0.29, 0.717) is 5.69 Å². The van der Waals surface area contributed by atoms with Gasteiger partial charge in [-0.15, -0.1) is 0 Å². The summed E-state index contributed by atoms with van der Waals surface area (Å²) in [6.07, 6.45) is 2.01. The van der Waals surface area contributed by atoms with Gasteiger partial charge in [0.2, 0.25) is 0 Å². The Morgan fingerprint density at radius 1 is 1.20 bits per heavy atom. The summed E-state index contributed by atoms with van der Waals surface area (Å²) in [4.78, 5) is 23.1. The van der Waals surface area contributed by atoms with Crippen LogP contribution in [-0.2, 0) is 13.2 Å². The number of aliphatic hydroxyl groups excluding tert-OH is 1. The molecule has 7 heteroatoms. The Kier molecular flexibility index (Phi) is 4.95. The van der Waals surface area contributed by atoms with Crippen molar-refractivity contribution in [3.8, 4) is 0 Å². The predicted molar refractivity (Wildman–Crippen MR) is 93.3 cm³/mol. The minimum Gasteiger partial charge on any atom is -0.392 e. The molecule has 2 aromatic carbocycles. The van der Waals surface area contributed by atoms with Gasteiger partial charge in [-0.1, -0.05) is 24.3 Å². The van der Waals surface area contributed by atoms with Gasteiger partial charge in [0.05, 0.1) is 11.5 Å². The number of nitrogens with zero attached hydrogens (tertiary/aromatic N) is 1. The number of amides is 1. The van der Waals surface area contributed by atoms with Crippen molar-refractivity contribution in [2.45, 2.75) is 32.0 Å². The molecule has 0 radical (unpaired) electrons. The van der Waals surface area contributed by atoms with E-state index in [1.54, 1.807) is 18.2 Å². The van der Waals surface area contributed by atoms with E-state index in [1.165, 1.54) is 6.07 Å². The summed E-state index contributed by atoms with van der Waals surface area (Å²) < 4.78 is 0. The topological polar surface area (TPSA) is 104 Å². The summed E-state index contributed by atoms with van der Waals surface area (Å²) in [6.45, 7) is 0.129. The molecule has 0 aliphatic heterocycles. The number of benzene rings is 2. The van der Waals surface area contributed by atoms with Gasteiger partial charge in [0, 0.05) is 24.2 Å². The van der Waals surface area contributed by atoms with Crippen LogP contribution in [0.5, 0.6) is 0 Å². The molecule has 1 amide bonds. The van der Waals surface area contributed by atoms with E-state index in [4.69, 9.17) is 0 Å². The van der Waals surface area contributed by atoms with E-state index in [0.717, 1.165) is 24.0 Å². The molecule has 0 unspecified atom stereocenters. The molecular formula is C18H19N3O4. The average molecular weight is 341 g/mol. The fraction of sp³-hybridized carbons (Fsp3) is 0.278. The van der Waals surface area contributed by atoms with Crippen LogP contribution in [0, 0.1) is 10.1 Å². The van der Waals surface area contributed by atoms with Crippen molar-refractivity contribution < 1.29 is 14.8 Å². The van der Waals surface area contributed by atoms with Crippen LogP contribution in [0.15, 0.2) is 42.5 Å². The van der Waals surface area contributed by atoms with Gasteiger partial charge in [0.15, 0.2) is 0 Å². The molecule has 0 aromatic heterocycles. The van der Waals surface area contributed by atoms with Crippen molar-refractivity contribution in [2.24, 2.45) is 0 Å². The maximum Gasteiger partial charge on any atom is 0.293 e. The molecule has 3 N–H and O–H groups in total. The molecule has 1 saturated carbocycles. The predicted octanol–water partition coefficient (Wildman–Crippen LogP) is 2.59. The number of hydrogen-bond acceptors (Lipinski definition) is 5. The van der Waals surface area contributed by atoms with E-state index in [-0.39, 0.29) is 30.4 Å². The monoisotopic (exact) mass is 341 g/mol. The molecule has 0 bridgehead atoms. The molecule has 0 atom stereocenters. The first-order valence-corrected chi connectivity index (χ1v) is 8.09. The number of carbonyl (C=O) groups excluding carboxylic acids is 1. The summed E-state index contributed by atoms with van der Waals surface area (Å²) in [5.74, 6) is -0.395. The van der Waals surface area contributed by atoms with Crippen molar-refractivity contribution in [1.29, 1.82) is 0 Å². The van der Waals surface area contributed by atoms with Crippen LogP contribution in [0.4, 0.5) is 11.4 Å². The zero-order chi connectivity index (χ0) is 17.8. The van der Waals surface area contributed by atoms with Crippen molar-refractivity contribution in [2.75, 3.05) is 5.32 Å². The van der Waals surface area contributed by atoms with Crippen LogP contribution in [0.3, 0.4) is 0 Å². The average Bonchev–Trinajstić information content (AvgIpc) is 3.44.